The summed E-state index contributed by atoms with van der Waals surface area (Å²) in [6.07, 6.45) is 9.42. The molecule has 5 rings (SSSR count). The minimum Gasteiger partial charge on any atom is -0.355 e. The highest BCUT2D eigenvalue weighted by Gasteiger charge is 2.50. The first kappa shape index (κ1) is 19.1. The lowest BCUT2D eigenvalue weighted by atomic mass is 9.49. The molecule has 0 aliphatic heterocycles. The van der Waals surface area contributed by atoms with Gasteiger partial charge in [-0.15, -0.1) is 0 Å². The molecule has 4 aliphatic carbocycles. The van der Waals surface area contributed by atoms with Crippen LogP contribution < -0.4 is 10.6 Å². The van der Waals surface area contributed by atoms with Gasteiger partial charge in [-0.1, -0.05) is 23.2 Å². The van der Waals surface area contributed by atoms with Crippen LogP contribution in [0.25, 0.3) is 0 Å². The fourth-order valence-electron chi connectivity index (χ4n) is 6.06. The van der Waals surface area contributed by atoms with E-state index in [0.717, 1.165) is 24.2 Å². The predicted molar refractivity (Wildman–Crippen MR) is 107 cm³/mol. The second-order valence-corrected chi connectivity index (χ2v) is 9.67. The first-order chi connectivity index (χ1) is 12.9. The maximum absolute atomic E-state index is 12.2. The van der Waals surface area contributed by atoms with E-state index in [1.165, 1.54) is 44.6 Å². The molecule has 4 nitrogen and oxygen atoms in total. The normalized spacial score (nSPS) is 31.0. The first-order valence-electron chi connectivity index (χ1n) is 9.92. The number of carbonyl (C=O) groups is 2. The summed E-state index contributed by atoms with van der Waals surface area (Å²) in [5.41, 5.74) is 0.782. The van der Waals surface area contributed by atoms with Gasteiger partial charge in [0.25, 0.3) is 5.91 Å². The smallest absolute Gasteiger partial charge is 0.253 e. The van der Waals surface area contributed by atoms with Gasteiger partial charge >= 0.3 is 0 Å². The Hall–Kier alpha value is -1.26. The minimum atomic E-state index is -0.368. The first-order valence-corrected chi connectivity index (χ1v) is 10.7. The molecule has 146 valence electrons. The highest BCUT2D eigenvalue weighted by Crippen LogP contribution is 2.61. The summed E-state index contributed by atoms with van der Waals surface area (Å²) in [6, 6.07) is 4.68. The molecular formula is C21H26Cl2N2O2. The van der Waals surface area contributed by atoms with Crippen molar-refractivity contribution in [1.82, 2.24) is 10.6 Å². The Bertz CT molecular complexity index is 714. The highest BCUT2D eigenvalue weighted by molar-refractivity contribution is 6.36. The van der Waals surface area contributed by atoms with E-state index in [-0.39, 0.29) is 23.4 Å². The van der Waals surface area contributed by atoms with E-state index in [0.29, 0.717) is 22.5 Å². The van der Waals surface area contributed by atoms with E-state index in [1.807, 2.05) is 0 Å². The van der Waals surface area contributed by atoms with Crippen molar-refractivity contribution in [2.45, 2.75) is 44.9 Å². The molecule has 6 heteroatoms. The molecule has 27 heavy (non-hydrogen) atoms. The summed E-state index contributed by atoms with van der Waals surface area (Å²) in [6.45, 7) is 0.654. The van der Waals surface area contributed by atoms with Gasteiger partial charge in [0.15, 0.2) is 0 Å². The molecule has 4 bridgehead atoms. The van der Waals surface area contributed by atoms with Crippen LogP contribution in [0.5, 0.6) is 0 Å². The van der Waals surface area contributed by atoms with Gasteiger partial charge in [-0.05, 0) is 86.3 Å². The van der Waals surface area contributed by atoms with E-state index < -0.39 is 0 Å². The molecule has 0 atom stereocenters. The fourth-order valence-corrected chi connectivity index (χ4v) is 6.55. The molecule has 0 heterocycles. The number of benzene rings is 1. The van der Waals surface area contributed by atoms with Crippen LogP contribution in [0.1, 0.15) is 55.3 Å². The van der Waals surface area contributed by atoms with Crippen molar-refractivity contribution in [2.75, 3.05) is 13.1 Å². The number of halogens is 2. The third-order valence-electron chi connectivity index (χ3n) is 6.73. The number of hydrogen-bond donors (Lipinski definition) is 2. The third-order valence-corrected chi connectivity index (χ3v) is 7.28. The van der Waals surface area contributed by atoms with Crippen molar-refractivity contribution in [3.05, 3.63) is 33.8 Å². The van der Waals surface area contributed by atoms with Crippen LogP contribution in [0.4, 0.5) is 0 Å². The zero-order valence-corrected chi connectivity index (χ0v) is 16.9. The monoisotopic (exact) mass is 408 g/mol. The number of hydrogen-bond acceptors (Lipinski definition) is 2. The second kappa shape index (κ2) is 7.63. The number of rotatable bonds is 6. The Morgan fingerprint density at radius 2 is 1.63 bits per heavy atom. The van der Waals surface area contributed by atoms with E-state index in [9.17, 15) is 9.59 Å². The van der Waals surface area contributed by atoms with Crippen LogP contribution in [-0.4, -0.2) is 24.9 Å². The van der Waals surface area contributed by atoms with Gasteiger partial charge in [0, 0.05) is 11.6 Å². The molecule has 4 aliphatic rings. The molecule has 2 N–H and O–H groups in total. The van der Waals surface area contributed by atoms with Crippen molar-refractivity contribution < 1.29 is 9.59 Å². The van der Waals surface area contributed by atoms with Gasteiger partial charge in [-0.3, -0.25) is 9.59 Å². The largest absolute Gasteiger partial charge is 0.355 e. The number of nitrogens with one attached hydrogen (secondary N) is 2. The van der Waals surface area contributed by atoms with Crippen molar-refractivity contribution >= 4 is 35.0 Å². The molecule has 0 saturated heterocycles. The SMILES string of the molecule is O=C(CNC(=O)c1ccc(Cl)cc1Cl)NCCC12CC3CC(CC(C3)C1)C2. The Morgan fingerprint density at radius 3 is 2.22 bits per heavy atom. The van der Waals surface area contributed by atoms with Gasteiger partial charge in [0.2, 0.25) is 5.91 Å². The highest BCUT2D eigenvalue weighted by atomic mass is 35.5. The van der Waals surface area contributed by atoms with Crippen molar-refractivity contribution in [3.63, 3.8) is 0 Å². The topological polar surface area (TPSA) is 58.2 Å². The molecule has 1 aromatic rings. The van der Waals surface area contributed by atoms with E-state index in [1.54, 1.807) is 12.1 Å². The summed E-state index contributed by atoms with van der Waals surface area (Å²) < 4.78 is 0. The Morgan fingerprint density at radius 1 is 1.00 bits per heavy atom. The molecule has 0 aromatic heterocycles. The van der Waals surface area contributed by atoms with Crippen LogP contribution in [0.15, 0.2) is 18.2 Å². The summed E-state index contributed by atoms with van der Waals surface area (Å²) in [4.78, 5) is 24.3. The summed E-state index contributed by atoms with van der Waals surface area (Å²) in [7, 11) is 0. The standard InChI is InChI=1S/C21H26Cl2N2O2/c22-16-1-2-17(18(23)8-16)20(27)25-12-19(26)24-4-3-21-9-13-5-14(10-21)7-15(6-13)11-21/h1-2,8,13-15H,3-7,9-12H2,(H,24,26)(H,25,27). The Kier molecular flexibility index (Phi) is 5.39. The van der Waals surface area contributed by atoms with Gasteiger partial charge in [0.05, 0.1) is 17.1 Å². The summed E-state index contributed by atoms with van der Waals surface area (Å²) >= 11 is 11.9. The van der Waals surface area contributed by atoms with Crippen LogP contribution in [0.2, 0.25) is 10.0 Å². The van der Waals surface area contributed by atoms with E-state index in [2.05, 4.69) is 10.6 Å². The van der Waals surface area contributed by atoms with Gasteiger partial charge in [-0.25, -0.2) is 0 Å². The molecule has 4 saturated carbocycles. The summed E-state index contributed by atoms with van der Waals surface area (Å²) in [5.74, 6) is 2.26. The molecule has 1 aromatic carbocycles. The molecule has 4 fully saturated rings. The van der Waals surface area contributed by atoms with Gasteiger partial charge in [-0.2, -0.15) is 0 Å². The van der Waals surface area contributed by atoms with Crippen LogP contribution in [0.3, 0.4) is 0 Å². The lowest BCUT2D eigenvalue weighted by molar-refractivity contribution is -0.120. The Balaban J connectivity index is 1.22. The zero-order chi connectivity index (χ0) is 19.0. The van der Waals surface area contributed by atoms with E-state index >= 15 is 0 Å². The second-order valence-electron chi connectivity index (χ2n) is 8.82. The fraction of sp³-hybridized carbons (Fsp3) is 0.619. The molecule has 0 spiro atoms. The molecular weight excluding hydrogens is 383 g/mol. The van der Waals surface area contributed by atoms with E-state index in [4.69, 9.17) is 23.2 Å². The number of amides is 2. The van der Waals surface area contributed by atoms with Crippen molar-refractivity contribution in [1.29, 1.82) is 0 Å². The average molecular weight is 409 g/mol. The van der Waals surface area contributed by atoms with Gasteiger partial charge < -0.3 is 10.6 Å². The number of carbonyl (C=O) groups excluding carboxylic acids is 2. The quantitative estimate of drug-likeness (QED) is 0.730. The zero-order valence-electron chi connectivity index (χ0n) is 15.4. The maximum atomic E-state index is 12.2. The molecule has 2 amide bonds. The van der Waals surface area contributed by atoms with Crippen LogP contribution in [-0.2, 0) is 4.79 Å². The van der Waals surface area contributed by atoms with Gasteiger partial charge in [0.1, 0.15) is 0 Å². The lowest BCUT2D eigenvalue weighted by Crippen LogP contribution is -2.47. The third kappa shape index (κ3) is 4.27. The Labute approximate surface area is 170 Å². The molecule has 0 radical (unpaired) electrons. The maximum Gasteiger partial charge on any atom is 0.253 e. The van der Waals surface area contributed by atoms with Crippen molar-refractivity contribution in [2.24, 2.45) is 23.2 Å². The minimum absolute atomic E-state index is 0.0430. The predicted octanol–water partition coefficient (Wildman–Crippen LogP) is 4.45. The average Bonchev–Trinajstić information content (AvgIpc) is 2.58. The van der Waals surface area contributed by atoms with Crippen LogP contribution >= 0.6 is 23.2 Å². The molecule has 0 unspecified atom stereocenters. The lowest BCUT2D eigenvalue weighted by Gasteiger charge is -2.57. The summed E-state index contributed by atoms with van der Waals surface area (Å²) in [5, 5.41) is 6.36. The van der Waals surface area contributed by atoms with Crippen LogP contribution in [0, 0.1) is 23.2 Å². The van der Waals surface area contributed by atoms with Crippen molar-refractivity contribution in [3.8, 4) is 0 Å².